The molecule has 1 amide bonds. The van der Waals surface area contributed by atoms with Gasteiger partial charge in [0.2, 0.25) is 5.91 Å². The molecular weight excluding hydrogens is 218 g/mol. The summed E-state index contributed by atoms with van der Waals surface area (Å²) in [5.74, 6) is -0.0272. The van der Waals surface area contributed by atoms with Crippen molar-refractivity contribution in [1.29, 1.82) is 0 Å². The molecule has 4 heteroatoms. The van der Waals surface area contributed by atoms with E-state index in [4.69, 9.17) is 4.74 Å². The Hall–Kier alpha value is -0.610. The molecule has 2 N–H and O–H groups in total. The molecule has 0 bridgehead atoms. The second-order valence-corrected chi connectivity index (χ2v) is 5.34. The first-order valence-electron chi connectivity index (χ1n) is 6.80. The molecule has 0 spiro atoms. The van der Waals surface area contributed by atoms with Gasteiger partial charge in [-0.25, -0.2) is 0 Å². The van der Waals surface area contributed by atoms with Crippen molar-refractivity contribution in [2.45, 2.75) is 63.0 Å². The fourth-order valence-corrected chi connectivity index (χ4v) is 2.84. The van der Waals surface area contributed by atoms with Crippen LogP contribution in [0.15, 0.2) is 0 Å². The molecule has 1 aliphatic heterocycles. The predicted octanol–water partition coefficient (Wildman–Crippen LogP) is 1.37. The van der Waals surface area contributed by atoms with Gasteiger partial charge in [0.25, 0.3) is 0 Å². The van der Waals surface area contributed by atoms with Crippen LogP contribution in [0.25, 0.3) is 0 Å². The zero-order valence-corrected chi connectivity index (χ0v) is 10.4. The van der Waals surface area contributed by atoms with E-state index >= 15 is 0 Å². The maximum atomic E-state index is 12.1. The van der Waals surface area contributed by atoms with Crippen LogP contribution in [0, 0.1) is 0 Å². The van der Waals surface area contributed by atoms with Gasteiger partial charge in [-0.1, -0.05) is 19.3 Å². The molecule has 1 atom stereocenters. The van der Waals surface area contributed by atoms with Gasteiger partial charge in [0.15, 0.2) is 0 Å². The van der Waals surface area contributed by atoms with Gasteiger partial charge in [-0.3, -0.25) is 4.79 Å². The molecule has 2 rings (SSSR count). The lowest BCUT2D eigenvalue weighted by Gasteiger charge is -2.37. The lowest BCUT2D eigenvalue weighted by Crippen LogP contribution is -2.55. The molecule has 1 heterocycles. The molecule has 0 radical (unpaired) electrons. The maximum Gasteiger partial charge on any atom is 0.249 e. The summed E-state index contributed by atoms with van der Waals surface area (Å²) in [6.07, 6.45) is 7.79. The summed E-state index contributed by atoms with van der Waals surface area (Å²) in [5.41, 5.74) is -0.379. The van der Waals surface area contributed by atoms with E-state index in [1.807, 2.05) is 0 Å². The van der Waals surface area contributed by atoms with Crippen molar-refractivity contribution in [3.05, 3.63) is 0 Å². The standard InChI is InChI=1S/C13H23NO3/c15-10-13(7-3-1-4-8-13)14-12(16)11-6-2-5-9-17-11/h11,15H,1-10H2,(H,14,16). The fourth-order valence-electron chi connectivity index (χ4n) is 2.84. The zero-order valence-electron chi connectivity index (χ0n) is 10.4. The molecule has 0 aromatic rings. The van der Waals surface area contributed by atoms with E-state index in [1.165, 1.54) is 6.42 Å². The fraction of sp³-hybridized carbons (Fsp3) is 0.923. The minimum atomic E-state index is -0.379. The van der Waals surface area contributed by atoms with Crippen LogP contribution in [0.4, 0.5) is 0 Å². The first-order chi connectivity index (χ1) is 8.26. The van der Waals surface area contributed by atoms with Crippen LogP contribution in [0.2, 0.25) is 0 Å². The topological polar surface area (TPSA) is 58.6 Å². The van der Waals surface area contributed by atoms with Crippen molar-refractivity contribution in [2.24, 2.45) is 0 Å². The van der Waals surface area contributed by atoms with Crippen molar-refractivity contribution in [2.75, 3.05) is 13.2 Å². The molecule has 1 saturated heterocycles. The molecule has 17 heavy (non-hydrogen) atoms. The first-order valence-corrected chi connectivity index (χ1v) is 6.80. The van der Waals surface area contributed by atoms with E-state index in [2.05, 4.69) is 5.32 Å². The molecule has 1 saturated carbocycles. The van der Waals surface area contributed by atoms with E-state index in [0.29, 0.717) is 6.61 Å². The average Bonchev–Trinajstić information content (AvgIpc) is 2.41. The third-order valence-electron chi connectivity index (χ3n) is 3.97. The molecule has 1 aliphatic carbocycles. The summed E-state index contributed by atoms with van der Waals surface area (Å²) in [5, 5.41) is 12.6. The van der Waals surface area contributed by atoms with Gasteiger partial charge < -0.3 is 15.2 Å². The van der Waals surface area contributed by atoms with Gasteiger partial charge in [0, 0.05) is 6.61 Å². The third-order valence-corrected chi connectivity index (χ3v) is 3.97. The number of aliphatic hydroxyl groups is 1. The zero-order chi connectivity index (χ0) is 12.1. The number of hydrogen-bond acceptors (Lipinski definition) is 3. The van der Waals surface area contributed by atoms with Gasteiger partial charge in [-0.05, 0) is 32.1 Å². The van der Waals surface area contributed by atoms with Crippen molar-refractivity contribution in [3.63, 3.8) is 0 Å². The summed E-state index contributed by atoms with van der Waals surface area (Å²) >= 11 is 0. The van der Waals surface area contributed by atoms with Crippen LogP contribution < -0.4 is 5.32 Å². The summed E-state index contributed by atoms with van der Waals surface area (Å²) in [4.78, 5) is 12.1. The smallest absolute Gasteiger partial charge is 0.249 e. The van der Waals surface area contributed by atoms with Gasteiger partial charge >= 0.3 is 0 Å². The highest BCUT2D eigenvalue weighted by molar-refractivity contribution is 5.81. The summed E-state index contributed by atoms with van der Waals surface area (Å²) in [6, 6.07) is 0. The molecule has 98 valence electrons. The second kappa shape index (κ2) is 5.83. The number of rotatable bonds is 3. The minimum absolute atomic E-state index is 0.0272. The Morgan fingerprint density at radius 3 is 2.59 bits per heavy atom. The number of ether oxygens (including phenoxy) is 1. The number of carbonyl (C=O) groups is 1. The van der Waals surface area contributed by atoms with E-state index in [9.17, 15) is 9.90 Å². The Balaban J connectivity index is 1.90. The molecule has 4 nitrogen and oxygen atoms in total. The van der Waals surface area contributed by atoms with Gasteiger partial charge in [-0.2, -0.15) is 0 Å². The highest BCUT2D eigenvalue weighted by atomic mass is 16.5. The molecule has 2 fully saturated rings. The molecule has 0 aromatic carbocycles. The van der Waals surface area contributed by atoms with Gasteiger partial charge in [-0.15, -0.1) is 0 Å². The Labute approximate surface area is 103 Å². The van der Waals surface area contributed by atoms with Crippen LogP contribution >= 0.6 is 0 Å². The number of hydrogen-bond donors (Lipinski definition) is 2. The normalized spacial score (nSPS) is 28.6. The van der Waals surface area contributed by atoms with Gasteiger partial charge in [0.05, 0.1) is 12.1 Å². The molecule has 1 unspecified atom stereocenters. The van der Waals surface area contributed by atoms with Crippen LogP contribution in [0.5, 0.6) is 0 Å². The Morgan fingerprint density at radius 2 is 2.00 bits per heavy atom. The quantitative estimate of drug-likeness (QED) is 0.784. The van der Waals surface area contributed by atoms with E-state index < -0.39 is 0 Å². The lowest BCUT2D eigenvalue weighted by molar-refractivity contribution is -0.138. The van der Waals surface area contributed by atoms with E-state index in [1.54, 1.807) is 0 Å². The number of amides is 1. The lowest BCUT2D eigenvalue weighted by atomic mass is 9.82. The van der Waals surface area contributed by atoms with Crippen molar-refractivity contribution >= 4 is 5.91 Å². The van der Waals surface area contributed by atoms with Crippen molar-refractivity contribution in [1.82, 2.24) is 5.32 Å². The Morgan fingerprint density at radius 1 is 1.24 bits per heavy atom. The number of nitrogens with one attached hydrogen (secondary N) is 1. The number of aliphatic hydroxyl groups excluding tert-OH is 1. The third kappa shape index (κ3) is 3.19. The highest BCUT2D eigenvalue weighted by Crippen LogP contribution is 2.28. The summed E-state index contributed by atoms with van der Waals surface area (Å²) < 4.78 is 5.48. The van der Waals surface area contributed by atoms with Gasteiger partial charge in [0.1, 0.15) is 6.10 Å². The SMILES string of the molecule is O=C(NC1(CO)CCCCC1)C1CCCCO1. The monoisotopic (exact) mass is 241 g/mol. The minimum Gasteiger partial charge on any atom is -0.394 e. The summed E-state index contributed by atoms with van der Waals surface area (Å²) in [7, 11) is 0. The van der Waals surface area contributed by atoms with Crippen LogP contribution in [-0.4, -0.2) is 35.9 Å². The van der Waals surface area contributed by atoms with Crippen LogP contribution in [-0.2, 0) is 9.53 Å². The first kappa shape index (κ1) is 12.8. The summed E-state index contributed by atoms with van der Waals surface area (Å²) in [6.45, 7) is 0.732. The Kier molecular flexibility index (Phi) is 4.40. The van der Waals surface area contributed by atoms with E-state index in [0.717, 1.165) is 44.9 Å². The maximum absolute atomic E-state index is 12.1. The predicted molar refractivity (Wildman–Crippen MR) is 64.6 cm³/mol. The molecule has 2 aliphatic rings. The number of carbonyl (C=O) groups excluding carboxylic acids is 1. The van der Waals surface area contributed by atoms with E-state index in [-0.39, 0.29) is 24.2 Å². The molecular formula is C13H23NO3. The highest BCUT2D eigenvalue weighted by Gasteiger charge is 2.35. The van der Waals surface area contributed by atoms with Crippen molar-refractivity contribution < 1.29 is 14.6 Å². The largest absolute Gasteiger partial charge is 0.394 e. The molecule has 0 aromatic heterocycles. The average molecular weight is 241 g/mol. The Bertz CT molecular complexity index is 255. The van der Waals surface area contributed by atoms with Crippen molar-refractivity contribution in [3.8, 4) is 0 Å². The van der Waals surface area contributed by atoms with Crippen LogP contribution in [0.3, 0.4) is 0 Å². The van der Waals surface area contributed by atoms with Crippen LogP contribution in [0.1, 0.15) is 51.4 Å². The second-order valence-electron chi connectivity index (χ2n) is 5.34.